The lowest BCUT2D eigenvalue weighted by molar-refractivity contribution is -0.128. The van der Waals surface area contributed by atoms with Crippen LogP contribution in [0.15, 0.2) is 65.4 Å². The van der Waals surface area contributed by atoms with E-state index in [1.807, 2.05) is 6.08 Å². The molecule has 0 unspecified atom stereocenters. The van der Waals surface area contributed by atoms with E-state index in [2.05, 4.69) is 11.9 Å². The minimum atomic E-state index is -1.06. The van der Waals surface area contributed by atoms with E-state index in [-0.39, 0.29) is 18.5 Å². The monoisotopic (exact) mass is 407 g/mol. The smallest absolute Gasteiger partial charge is 0.321 e. The third-order valence-electron chi connectivity index (χ3n) is 4.06. The highest BCUT2D eigenvalue weighted by molar-refractivity contribution is 6.30. The standard InChI is InChI=1S/C20H20ClF2N3O2/c1-13(21)3-2-4-15-10-25-11-16(15)6-8-19(27)26(20(24)28)12-14-5-7-17(22)18(23)9-14/h2-5,7,9,11,25H,1,6,8,10,12H2,(H2,24,28)/b3-2-,15-4+. The number of benzene rings is 1. The van der Waals surface area contributed by atoms with E-state index < -0.39 is 23.6 Å². The molecule has 5 nitrogen and oxygen atoms in total. The number of hydrogen-bond acceptors (Lipinski definition) is 3. The molecule has 0 aromatic heterocycles. The normalized spacial score (nSPS) is 14.8. The van der Waals surface area contributed by atoms with Crippen LogP contribution in [-0.2, 0) is 11.3 Å². The van der Waals surface area contributed by atoms with Crippen molar-refractivity contribution in [2.45, 2.75) is 19.4 Å². The summed E-state index contributed by atoms with van der Waals surface area (Å²) in [7, 11) is 0. The Balaban J connectivity index is 2.01. The molecule has 0 atom stereocenters. The molecule has 1 aromatic carbocycles. The van der Waals surface area contributed by atoms with Crippen molar-refractivity contribution >= 4 is 23.5 Å². The molecule has 0 spiro atoms. The molecule has 1 aliphatic rings. The third-order valence-corrected chi connectivity index (χ3v) is 4.18. The van der Waals surface area contributed by atoms with Crippen LogP contribution in [0.25, 0.3) is 0 Å². The Morgan fingerprint density at radius 1 is 1.32 bits per heavy atom. The lowest BCUT2D eigenvalue weighted by atomic mass is 10.0. The molecule has 1 aliphatic heterocycles. The zero-order chi connectivity index (χ0) is 20.7. The van der Waals surface area contributed by atoms with Crippen molar-refractivity contribution < 1.29 is 18.4 Å². The fourth-order valence-corrected chi connectivity index (χ4v) is 2.72. The second kappa shape index (κ2) is 9.85. The van der Waals surface area contributed by atoms with Crippen LogP contribution < -0.4 is 11.1 Å². The minimum Gasteiger partial charge on any atom is -0.387 e. The Morgan fingerprint density at radius 2 is 2.07 bits per heavy atom. The van der Waals surface area contributed by atoms with Crippen LogP contribution in [0.1, 0.15) is 18.4 Å². The van der Waals surface area contributed by atoms with Crippen LogP contribution in [0, 0.1) is 11.6 Å². The SMILES string of the molecule is C=C(Cl)/C=C\C=C1/CNC=C1CCC(=O)N(Cc1ccc(F)c(F)c1)C(N)=O. The minimum absolute atomic E-state index is 0.0311. The molecule has 148 valence electrons. The van der Waals surface area contributed by atoms with Gasteiger partial charge < -0.3 is 11.1 Å². The number of primary amides is 1. The van der Waals surface area contributed by atoms with Crippen molar-refractivity contribution in [3.05, 3.63) is 82.6 Å². The number of halogens is 3. The number of amides is 3. The van der Waals surface area contributed by atoms with Crippen LogP contribution in [0.5, 0.6) is 0 Å². The summed E-state index contributed by atoms with van der Waals surface area (Å²) in [5.74, 6) is -2.57. The van der Waals surface area contributed by atoms with Crippen molar-refractivity contribution in [2.24, 2.45) is 5.73 Å². The van der Waals surface area contributed by atoms with Crippen LogP contribution in [0.4, 0.5) is 13.6 Å². The summed E-state index contributed by atoms with van der Waals surface area (Å²) >= 11 is 5.67. The molecular weight excluding hydrogens is 388 g/mol. The molecule has 0 saturated carbocycles. The zero-order valence-corrected chi connectivity index (χ0v) is 15.8. The van der Waals surface area contributed by atoms with Gasteiger partial charge in [0.1, 0.15) is 0 Å². The van der Waals surface area contributed by atoms with Crippen molar-refractivity contribution in [1.82, 2.24) is 10.2 Å². The number of carbonyl (C=O) groups excluding carboxylic acids is 2. The number of imide groups is 1. The molecule has 8 heteroatoms. The number of rotatable bonds is 7. The molecule has 2 rings (SSSR count). The number of hydrogen-bond donors (Lipinski definition) is 2. The second-order valence-corrected chi connectivity index (χ2v) is 6.60. The maximum atomic E-state index is 13.3. The zero-order valence-electron chi connectivity index (χ0n) is 15.1. The lowest BCUT2D eigenvalue weighted by Crippen LogP contribution is -2.40. The van der Waals surface area contributed by atoms with Crippen molar-refractivity contribution in [1.29, 1.82) is 0 Å². The summed E-state index contributed by atoms with van der Waals surface area (Å²) < 4.78 is 26.4. The quantitative estimate of drug-likeness (QED) is 0.673. The van der Waals surface area contributed by atoms with Crippen LogP contribution in [0.3, 0.4) is 0 Å². The average molecular weight is 408 g/mol. The summed E-state index contributed by atoms with van der Waals surface area (Å²) in [4.78, 5) is 24.9. The summed E-state index contributed by atoms with van der Waals surface area (Å²) in [5.41, 5.74) is 7.44. The first-order valence-corrected chi connectivity index (χ1v) is 8.84. The summed E-state index contributed by atoms with van der Waals surface area (Å²) in [5, 5.41) is 3.48. The van der Waals surface area contributed by atoms with E-state index >= 15 is 0 Å². The molecule has 1 aromatic rings. The summed E-state index contributed by atoms with van der Waals surface area (Å²) in [6, 6.07) is 2.21. The van der Waals surface area contributed by atoms with E-state index in [9.17, 15) is 18.4 Å². The molecule has 0 saturated heterocycles. The van der Waals surface area contributed by atoms with Gasteiger partial charge in [0, 0.05) is 24.2 Å². The van der Waals surface area contributed by atoms with Gasteiger partial charge in [-0.1, -0.05) is 36.4 Å². The van der Waals surface area contributed by atoms with Gasteiger partial charge in [0.25, 0.3) is 0 Å². The predicted molar refractivity (Wildman–Crippen MR) is 104 cm³/mol. The summed E-state index contributed by atoms with van der Waals surface area (Å²) in [6.45, 7) is 3.94. The van der Waals surface area contributed by atoms with E-state index in [4.69, 9.17) is 17.3 Å². The largest absolute Gasteiger partial charge is 0.387 e. The molecule has 0 aliphatic carbocycles. The van der Waals surface area contributed by atoms with Gasteiger partial charge in [-0.15, -0.1) is 0 Å². The Kier molecular flexibility index (Phi) is 7.52. The number of nitrogens with zero attached hydrogens (tertiary/aromatic N) is 1. The van der Waals surface area contributed by atoms with Gasteiger partial charge in [0.05, 0.1) is 6.54 Å². The molecule has 28 heavy (non-hydrogen) atoms. The van der Waals surface area contributed by atoms with E-state index in [1.54, 1.807) is 18.4 Å². The van der Waals surface area contributed by atoms with Crippen molar-refractivity contribution in [3.8, 4) is 0 Å². The highest BCUT2D eigenvalue weighted by atomic mass is 35.5. The molecule has 0 fully saturated rings. The fourth-order valence-electron chi connectivity index (χ4n) is 2.64. The van der Waals surface area contributed by atoms with Crippen LogP contribution >= 0.6 is 11.6 Å². The molecule has 1 heterocycles. The number of nitrogens with two attached hydrogens (primary N) is 1. The first-order chi connectivity index (χ1) is 13.3. The molecule has 0 bridgehead atoms. The van der Waals surface area contributed by atoms with Gasteiger partial charge in [-0.3, -0.25) is 9.69 Å². The van der Waals surface area contributed by atoms with Gasteiger partial charge in [0.15, 0.2) is 11.6 Å². The topological polar surface area (TPSA) is 75.4 Å². The Morgan fingerprint density at radius 3 is 2.71 bits per heavy atom. The fraction of sp³-hybridized carbons (Fsp3) is 0.200. The molecular formula is C20H20ClF2N3O2. The van der Waals surface area contributed by atoms with Gasteiger partial charge >= 0.3 is 6.03 Å². The van der Waals surface area contributed by atoms with Gasteiger partial charge in [-0.05, 0) is 41.3 Å². The maximum Gasteiger partial charge on any atom is 0.321 e. The molecule has 3 amide bonds. The first kappa shape index (κ1) is 21.4. The number of carbonyl (C=O) groups is 2. The number of urea groups is 1. The van der Waals surface area contributed by atoms with Crippen LogP contribution in [-0.4, -0.2) is 23.4 Å². The summed E-state index contributed by atoms with van der Waals surface area (Å²) in [6.07, 6.45) is 7.47. The van der Waals surface area contributed by atoms with Gasteiger partial charge in [-0.25, -0.2) is 13.6 Å². The predicted octanol–water partition coefficient (Wildman–Crippen LogP) is 3.87. The highest BCUT2D eigenvalue weighted by Gasteiger charge is 2.21. The van der Waals surface area contributed by atoms with Crippen molar-refractivity contribution in [3.63, 3.8) is 0 Å². The van der Waals surface area contributed by atoms with E-state index in [0.29, 0.717) is 18.0 Å². The number of nitrogens with one attached hydrogen (secondary N) is 1. The second-order valence-electron chi connectivity index (χ2n) is 6.11. The first-order valence-electron chi connectivity index (χ1n) is 8.46. The Labute approximate surface area is 166 Å². The van der Waals surface area contributed by atoms with Crippen LogP contribution in [0.2, 0.25) is 0 Å². The molecule has 3 N–H and O–H groups in total. The number of allylic oxidation sites excluding steroid dienone is 4. The molecule has 0 radical (unpaired) electrons. The Bertz CT molecular complexity index is 878. The Hall–Kier alpha value is -2.93. The van der Waals surface area contributed by atoms with Gasteiger partial charge in [0.2, 0.25) is 5.91 Å². The lowest BCUT2D eigenvalue weighted by Gasteiger charge is -2.19. The van der Waals surface area contributed by atoms with Gasteiger partial charge in [-0.2, -0.15) is 0 Å². The van der Waals surface area contributed by atoms with E-state index in [0.717, 1.165) is 28.2 Å². The third kappa shape index (κ3) is 6.06. The van der Waals surface area contributed by atoms with E-state index in [1.165, 1.54) is 6.07 Å². The maximum absolute atomic E-state index is 13.3. The van der Waals surface area contributed by atoms with Crippen molar-refractivity contribution in [2.75, 3.05) is 6.54 Å². The average Bonchev–Trinajstić information content (AvgIpc) is 3.07. The highest BCUT2D eigenvalue weighted by Crippen LogP contribution is 2.21.